The van der Waals surface area contributed by atoms with E-state index in [1.807, 2.05) is 0 Å². The number of hydrogen-bond donors (Lipinski definition) is 1. The van der Waals surface area contributed by atoms with Crippen LogP contribution in [0.5, 0.6) is 5.75 Å². The number of hydrogen-bond acceptors (Lipinski definition) is 4. The molecule has 4 nitrogen and oxygen atoms in total. The van der Waals surface area contributed by atoms with Crippen LogP contribution in [0.2, 0.25) is 0 Å². The fourth-order valence-corrected chi connectivity index (χ4v) is 2.52. The topological polar surface area (TPSA) is 55.8 Å². The van der Waals surface area contributed by atoms with Gasteiger partial charge >= 0.3 is 5.97 Å². The van der Waals surface area contributed by atoms with Crippen LogP contribution in [0.25, 0.3) is 11.1 Å². The van der Waals surface area contributed by atoms with E-state index in [-0.39, 0.29) is 11.3 Å². The summed E-state index contributed by atoms with van der Waals surface area (Å²) in [5.74, 6) is -0.837. The molecule has 0 saturated heterocycles. The van der Waals surface area contributed by atoms with Gasteiger partial charge in [0.2, 0.25) is 0 Å². The monoisotopic (exact) mass is 358 g/mol. The molecule has 26 heavy (non-hydrogen) atoms. The first-order valence-corrected chi connectivity index (χ1v) is 8.16. The maximum atomic E-state index is 13.9. The molecule has 0 aliphatic rings. The van der Waals surface area contributed by atoms with Gasteiger partial charge in [-0.1, -0.05) is 36.9 Å². The Hall–Kier alpha value is -2.66. The zero-order chi connectivity index (χ0) is 19.5. The van der Waals surface area contributed by atoms with Crippen molar-refractivity contribution in [3.05, 3.63) is 66.0 Å². The summed E-state index contributed by atoms with van der Waals surface area (Å²) in [7, 11) is 1.41. The Morgan fingerprint density at radius 1 is 1.15 bits per heavy atom. The van der Waals surface area contributed by atoms with Gasteiger partial charge in [0.05, 0.1) is 7.11 Å². The third-order valence-corrected chi connectivity index (χ3v) is 3.91. The minimum absolute atomic E-state index is 0.180. The maximum absolute atomic E-state index is 13.9. The van der Waals surface area contributed by atoms with E-state index in [9.17, 15) is 14.3 Å². The molecule has 0 aliphatic heterocycles. The van der Waals surface area contributed by atoms with Crippen LogP contribution in [0.3, 0.4) is 0 Å². The SMILES string of the molecule is C=C(C)C(=O)OC(c1ccc(-c2ccc(OC)c(F)c2)cc1)C(C)(C)O. The number of benzene rings is 2. The third kappa shape index (κ3) is 4.49. The molecular weight excluding hydrogens is 335 g/mol. The van der Waals surface area contributed by atoms with Crippen LogP contribution < -0.4 is 4.74 Å². The highest BCUT2D eigenvalue weighted by Gasteiger charge is 2.32. The summed E-state index contributed by atoms with van der Waals surface area (Å²) in [5, 5.41) is 10.4. The quantitative estimate of drug-likeness (QED) is 0.613. The molecule has 0 aromatic heterocycles. The molecule has 2 aromatic rings. The fraction of sp³-hybridized carbons (Fsp3) is 0.286. The Morgan fingerprint density at radius 3 is 2.19 bits per heavy atom. The lowest BCUT2D eigenvalue weighted by Crippen LogP contribution is -2.32. The van der Waals surface area contributed by atoms with E-state index in [4.69, 9.17) is 9.47 Å². The summed E-state index contributed by atoms with van der Waals surface area (Å²) in [5.41, 5.74) is 1.08. The van der Waals surface area contributed by atoms with Crippen LogP contribution in [0, 0.1) is 5.82 Å². The lowest BCUT2D eigenvalue weighted by atomic mass is 9.93. The second kappa shape index (κ2) is 7.70. The van der Waals surface area contributed by atoms with E-state index < -0.39 is 23.5 Å². The van der Waals surface area contributed by atoms with E-state index in [1.54, 1.807) is 57.2 Å². The smallest absolute Gasteiger partial charge is 0.333 e. The third-order valence-electron chi connectivity index (χ3n) is 3.91. The van der Waals surface area contributed by atoms with Gasteiger partial charge in [-0.25, -0.2) is 9.18 Å². The Labute approximate surface area is 152 Å². The number of esters is 1. The van der Waals surface area contributed by atoms with Crippen molar-refractivity contribution in [3.8, 4) is 16.9 Å². The second-order valence-corrected chi connectivity index (χ2v) is 6.69. The van der Waals surface area contributed by atoms with Gasteiger partial charge in [-0.15, -0.1) is 0 Å². The Morgan fingerprint density at radius 2 is 1.73 bits per heavy atom. The number of aliphatic hydroxyl groups is 1. The Kier molecular flexibility index (Phi) is 5.83. The van der Waals surface area contributed by atoms with Crippen molar-refractivity contribution in [1.82, 2.24) is 0 Å². The fourth-order valence-electron chi connectivity index (χ4n) is 2.52. The summed E-state index contributed by atoms with van der Waals surface area (Å²) in [6, 6.07) is 11.8. The minimum atomic E-state index is -1.28. The van der Waals surface area contributed by atoms with Crippen LogP contribution in [-0.2, 0) is 9.53 Å². The number of carbonyl (C=O) groups is 1. The average molecular weight is 358 g/mol. The van der Waals surface area contributed by atoms with Crippen molar-refractivity contribution < 1.29 is 23.8 Å². The largest absolute Gasteiger partial charge is 0.494 e. The van der Waals surface area contributed by atoms with Gasteiger partial charge in [-0.2, -0.15) is 0 Å². The second-order valence-electron chi connectivity index (χ2n) is 6.69. The van der Waals surface area contributed by atoms with E-state index in [2.05, 4.69) is 6.58 Å². The molecule has 0 saturated carbocycles. The predicted octanol–water partition coefficient (Wildman–Crippen LogP) is 4.43. The molecular formula is C21H23FO4. The zero-order valence-electron chi connectivity index (χ0n) is 15.4. The van der Waals surface area contributed by atoms with Gasteiger partial charge in [0.15, 0.2) is 17.7 Å². The van der Waals surface area contributed by atoms with Crippen LogP contribution in [0.1, 0.15) is 32.4 Å². The summed E-state index contributed by atoms with van der Waals surface area (Å²) in [6.45, 7) is 8.24. The number of halogens is 1. The summed E-state index contributed by atoms with van der Waals surface area (Å²) in [6.07, 6.45) is -0.853. The Balaban J connectivity index is 2.32. The summed E-state index contributed by atoms with van der Waals surface area (Å²) in [4.78, 5) is 11.9. The van der Waals surface area contributed by atoms with E-state index >= 15 is 0 Å². The highest BCUT2D eigenvalue weighted by molar-refractivity contribution is 5.87. The van der Waals surface area contributed by atoms with Crippen molar-refractivity contribution in [3.63, 3.8) is 0 Å². The molecule has 0 aliphatic carbocycles. The summed E-state index contributed by atoms with van der Waals surface area (Å²) >= 11 is 0. The molecule has 2 rings (SSSR count). The predicted molar refractivity (Wildman–Crippen MR) is 98.3 cm³/mol. The zero-order valence-corrected chi connectivity index (χ0v) is 15.4. The van der Waals surface area contributed by atoms with E-state index in [1.165, 1.54) is 13.2 Å². The van der Waals surface area contributed by atoms with Gasteiger partial charge in [-0.3, -0.25) is 0 Å². The van der Waals surface area contributed by atoms with E-state index in [0.29, 0.717) is 11.1 Å². The molecule has 0 spiro atoms. The minimum Gasteiger partial charge on any atom is -0.494 e. The molecule has 1 atom stereocenters. The average Bonchev–Trinajstić information content (AvgIpc) is 2.58. The van der Waals surface area contributed by atoms with Gasteiger partial charge in [0.25, 0.3) is 0 Å². The lowest BCUT2D eigenvalue weighted by Gasteiger charge is -2.29. The van der Waals surface area contributed by atoms with Gasteiger partial charge in [0, 0.05) is 5.57 Å². The maximum Gasteiger partial charge on any atom is 0.333 e. The summed E-state index contributed by atoms with van der Waals surface area (Å²) < 4.78 is 24.2. The normalized spacial score (nSPS) is 12.4. The molecule has 2 aromatic carbocycles. The molecule has 0 bridgehead atoms. The van der Waals surface area contributed by atoms with Gasteiger partial charge in [-0.05, 0) is 49.6 Å². The number of carbonyl (C=O) groups excluding carboxylic acids is 1. The molecule has 0 radical (unpaired) electrons. The van der Waals surface area contributed by atoms with Crippen molar-refractivity contribution in [2.45, 2.75) is 32.5 Å². The highest BCUT2D eigenvalue weighted by Crippen LogP contribution is 2.32. The van der Waals surface area contributed by atoms with Crippen LogP contribution >= 0.6 is 0 Å². The van der Waals surface area contributed by atoms with Crippen molar-refractivity contribution in [2.75, 3.05) is 7.11 Å². The first-order valence-electron chi connectivity index (χ1n) is 8.16. The molecule has 0 fully saturated rings. The first-order chi connectivity index (χ1) is 12.1. The lowest BCUT2D eigenvalue weighted by molar-refractivity contribution is -0.158. The Bertz CT molecular complexity index is 804. The van der Waals surface area contributed by atoms with Crippen molar-refractivity contribution in [1.29, 1.82) is 0 Å². The van der Waals surface area contributed by atoms with Crippen molar-refractivity contribution in [2.24, 2.45) is 0 Å². The van der Waals surface area contributed by atoms with Crippen LogP contribution in [-0.4, -0.2) is 23.8 Å². The van der Waals surface area contributed by atoms with Crippen LogP contribution in [0.15, 0.2) is 54.6 Å². The number of rotatable bonds is 6. The first kappa shape index (κ1) is 19.7. The van der Waals surface area contributed by atoms with Crippen molar-refractivity contribution >= 4 is 5.97 Å². The molecule has 0 heterocycles. The molecule has 1 unspecified atom stereocenters. The molecule has 138 valence electrons. The van der Waals surface area contributed by atoms with Gasteiger partial charge < -0.3 is 14.6 Å². The number of ether oxygens (including phenoxy) is 2. The van der Waals surface area contributed by atoms with Gasteiger partial charge in [0.1, 0.15) is 5.60 Å². The standard InChI is InChI=1S/C21H23FO4/c1-13(2)20(23)26-19(21(3,4)24)15-8-6-14(7-9-15)16-10-11-18(25-5)17(22)12-16/h6-12,19,24H,1H2,2-5H3. The van der Waals surface area contributed by atoms with Crippen LogP contribution in [0.4, 0.5) is 4.39 Å². The molecule has 0 amide bonds. The molecule has 1 N–H and O–H groups in total. The molecule has 5 heteroatoms. The van der Waals surface area contributed by atoms with E-state index in [0.717, 1.165) is 5.56 Å². The highest BCUT2D eigenvalue weighted by atomic mass is 19.1. The number of methoxy groups -OCH3 is 1.